The van der Waals surface area contributed by atoms with Crippen LogP contribution in [0.4, 0.5) is 0 Å². The molecule has 1 saturated heterocycles. The lowest BCUT2D eigenvalue weighted by molar-refractivity contribution is -0.114. The number of likely N-dealkylation sites (tertiary alicyclic amines) is 1. The van der Waals surface area contributed by atoms with Gasteiger partial charge in [0.15, 0.2) is 11.0 Å². The number of amides is 1. The zero-order valence-electron chi connectivity index (χ0n) is 15.6. The van der Waals surface area contributed by atoms with Gasteiger partial charge in [-0.3, -0.25) is 10.2 Å². The van der Waals surface area contributed by atoms with Gasteiger partial charge in [0.05, 0.1) is 15.6 Å². The Morgan fingerprint density at radius 2 is 1.90 bits per heavy atom. The maximum atomic E-state index is 12.6. The highest BCUT2D eigenvalue weighted by Gasteiger charge is 2.37. The van der Waals surface area contributed by atoms with Crippen LogP contribution in [0.25, 0.3) is 17.4 Å². The van der Waals surface area contributed by atoms with Crippen LogP contribution in [-0.2, 0) is 4.79 Å². The number of carbonyl (C=O) groups excluding carboxylic acids is 1. The molecule has 10 heteroatoms. The first-order valence-corrected chi connectivity index (χ1v) is 10.9. The summed E-state index contributed by atoms with van der Waals surface area (Å²) >= 11 is 13.4. The molecule has 2 aromatic rings. The lowest BCUT2D eigenvalue weighted by atomic mass is 10.1. The Bertz CT molecular complexity index is 1160. The molecule has 1 aromatic carbocycles. The number of nitrogens with one attached hydrogen (secondary N) is 1. The van der Waals surface area contributed by atoms with E-state index in [-0.39, 0.29) is 11.4 Å². The minimum absolute atomic E-state index is 0.0146. The number of benzene rings is 1. The van der Waals surface area contributed by atoms with Crippen LogP contribution in [0.2, 0.25) is 10.0 Å². The van der Waals surface area contributed by atoms with E-state index in [1.54, 1.807) is 30.3 Å². The highest BCUT2D eigenvalue weighted by molar-refractivity contribution is 8.26. The predicted molar refractivity (Wildman–Crippen MR) is 120 cm³/mol. The molecule has 5 rings (SSSR count). The smallest absolute Gasteiger partial charge is 0.283 e. The molecule has 0 saturated carbocycles. The van der Waals surface area contributed by atoms with Crippen LogP contribution in [0.3, 0.4) is 0 Å². The number of hydrogen-bond acceptors (Lipinski definition) is 6. The monoisotopic (exact) mass is 459 g/mol. The number of fused-ring (bicyclic) bond motifs is 1. The van der Waals surface area contributed by atoms with Crippen LogP contribution in [0.1, 0.15) is 18.6 Å². The summed E-state index contributed by atoms with van der Waals surface area (Å²) in [5.74, 6) is 0.507. The van der Waals surface area contributed by atoms with Crippen molar-refractivity contribution in [3.63, 3.8) is 0 Å². The van der Waals surface area contributed by atoms with Gasteiger partial charge in [-0.25, -0.2) is 0 Å². The number of amidine groups is 3. The Balaban J connectivity index is 1.42. The van der Waals surface area contributed by atoms with Crippen LogP contribution < -0.4 is 0 Å². The molecule has 3 aliphatic rings. The molecule has 1 amide bonds. The van der Waals surface area contributed by atoms with Gasteiger partial charge in [-0.05, 0) is 61.0 Å². The van der Waals surface area contributed by atoms with Crippen LogP contribution in [0.15, 0.2) is 50.4 Å². The number of thioether (sulfide) groups is 1. The number of halogens is 2. The van der Waals surface area contributed by atoms with E-state index in [1.165, 1.54) is 22.8 Å². The second kappa shape index (κ2) is 7.61. The molecule has 30 heavy (non-hydrogen) atoms. The molecule has 0 radical (unpaired) electrons. The van der Waals surface area contributed by atoms with Crippen LogP contribution in [0.5, 0.6) is 0 Å². The van der Waals surface area contributed by atoms with Gasteiger partial charge in [0.1, 0.15) is 11.5 Å². The van der Waals surface area contributed by atoms with E-state index in [9.17, 15) is 4.79 Å². The molecule has 0 spiro atoms. The van der Waals surface area contributed by atoms with Gasteiger partial charge in [-0.2, -0.15) is 10.0 Å². The second-order valence-electron chi connectivity index (χ2n) is 6.93. The average Bonchev–Trinajstić information content (AvgIpc) is 3.47. The second-order valence-corrected chi connectivity index (χ2v) is 8.68. The average molecular weight is 460 g/mol. The number of aliphatic imine (C=N–C) groups is 1. The highest BCUT2D eigenvalue weighted by atomic mass is 35.5. The van der Waals surface area contributed by atoms with Crippen LogP contribution >= 0.6 is 35.0 Å². The van der Waals surface area contributed by atoms with Crippen LogP contribution in [-0.4, -0.2) is 45.1 Å². The van der Waals surface area contributed by atoms with Crippen molar-refractivity contribution in [3.05, 3.63) is 51.7 Å². The Morgan fingerprint density at radius 1 is 1.10 bits per heavy atom. The fourth-order valence-electron chi connectivity index (χ4n) is 3.40. The van der Waals surface area contributed by atoms with E-state index in [2.05, 4.69) is 15.0 Å². The summed E-state index contributed by atoms with van der Waals surface area (Å²) in [7, 11) is 0. The Morgan fingerprint density at radius 3 is 2.67 bits per heavy atom. The van der Waals surface area contributed by atoms with Crippen molar-refractivity contribution in [3.8, 4) is 11.3 Å². The van der Waals surface area contributed by atoms with Gasteiger partial charge in [0.25, 0.3) is 5.91 Å². The number of furan rings is 1. The molecule has 152 valence electrons. The van der Waals surface area contributed by atoms with E-state index in [1.807, 2.05) is 0 Å². The molecule has 4 heterocycles. The van der Waals surface area contributed by atoms with Gasteiger partial charge < -0.3 is 9.32 Å². The van der Waals surface area contributed by atoms with Crippen molar-refractivity contribution in [2.75, 3.05) is 13.1 Å². The first-order chi connectivity index (χ1) is 14.5. The Kier molecular flexibility index (Phi) is 4.92. The highest BCUT2D eigenvalue weighted by Crippen LogP contribution is 2.32. The minimum Gasteiger partial charge on any atom is -0.457 e. The summed E-state index contributed by atoms with van der Waals surface area (Å²) in [6, 6.07) is 8.69. The van der Waals surface area contributed by atoms with Gasteiger partial charge >= 0.3 is 0 Å². The topological polar surface area (TPSA) is 85.3 Å². The fraction of sp³-hybridized carbons (Fsp3) is 0.200. The normalized spacial score (nSPS) is 20.1. The molecule has 0 aliphatic carbocycles. The fourth-order valence-corrected chi connectivity index (χ4v) is 4.64. The number of hydrazone groups is 1. The SMILES string of the molecule is N=C1/C(=C/c2ccc(-c3ccc(Cl)c(Cl)c3)o2)C(=O)N=C2SC(N3CCCC3)=NN12. The van der Waals surface area contributed by atoms with Crippen molar-refractivity contribution in [1.82, 2.24) is 9.91 Å². The quantitative estimate of drug-likeness (QED) is 0.643. The summed E-state index contributed by atoms with van der Waals surface area (Å²) in [5, 5.41) is 16.5. The van der Waals surface area contributed by atoms with E-state index < -0.39 is 5.91 Å². The van der Waals surface area contributed by atoms with E-state index in [4.69, 9.17) is 33.0 Å². The molecule has 3 aliphatic heterocycles. The lowest BCUT2D eigenvalue weighted by Gasteiger charge is -2.19. The molecule has 0 unspecified atom stereocenters. The van der Waals surface area contributed by atoms with Gasteiger partial charge in [-0.1, -0.05) is 23.2 Å². The zero-order chi connectivity index (χ0) is 20.8. The molecule has 0 bridgehead atoms. The number of rotatable bonds is 2. The van der Waals surface area contributed by atoms with E-state index >= 15 is 0 Å². The maximum absolute atomic E-state index is 12.6. The summed E-state index contributed by atoms with van der Waals surface area (Å²) < 4.78 is 5.83. The van der Waals surface area contributed by atoms with Gasteiger partial charge in [0, 0.05) is 18.7 Å². The third-order valence-electron chi connectivity index (χ3n) is 4.94. The predicted octanol–water partition coefficient (Wildman–Crippen LogP) is 4.93. The summed E-state index contributed by atoms with van der Waals surface area (Å²) in [4.78, 5) is 18.8. The molecule has 1 aromatic heterocycles. The summed E-state index contributed by atoms with van der Waals surface area (Å²) in [6.45, 7) is 1.86. The third-order valence-corrected chi connectivity index (χ3v) is 6.65. The molecular formula is C20H15Cl2N5O2S. The van der Waals surface area contributed by atoms with Crippen molar-refractivity contribution < 1.29 is 9.21 Å². The first kappa shape index (κ1) is 19.4. The van der Waals surface area contributed by atoms with Crippen LogP contribution in [0, 0.1) is 5.41 Å². The number of carbonyl (C=O) groups is 1. The minimum atomic E-state index is -0.482. The Labute approximate surface area is 186 Å². The molecule has 1 fully saturated rings. The van der Waals surface area contributed by atoms with E-state index in [0.717, 1.165) is 36.7 Å². The molecule has 0 atom stereocenters. The maximum Gasteiger partial charge on any atom is 0.283 e. The molecule has 1 N–H and O–H groups in total. The summed E-state index contributed by atoms with van der Waals surface area (Å²) in [5.41, 5.74) is 0.885. The van der Waals surface area contributed by atoms with Crippen molar-refractivity contribution >= 4 is 63.1 Å². The largest absolute Gasteiger partial charge is 0.457 e. The Hall–Kier alpha value is -2.55. The molecule has 7 nitrogen and oxygen atoms in total. The van der Waals surface area contributed by atoms with Crippen molar-refractivity contribution in [2.45, 2.75) is 12.8 Å². The van der Waals surface area contributed by atoms with Crippen molar-refractivity contribution in [2.24, 2.45) is 10.1 Å². The standard InChI is InChI=1S/C20H15Cl2N5O2S/c21-14-5-3-11(9-15(14)22)16-6-4-12(29-16)10-13-17(23)27-19(24-18(13)28)30-20(25-27)26-7-1-2-8-26/h3-6,9-10,23H,1-2,7-8H2/b13-10-,23-17?. The van der Waals surface area contributed by atoms with Crippen molar-refractivity contribution in [1.29, 1.82) is 5.41 Å². The third kappa shape index (κ3) is 3.45. The zero-order valence-corrected chi connectivity index (χ0v) is 17.9. The number of hydrogen-bond donors (Lipinski definition) is 1. The van der Waals surface area contributed by atoms with Gasteiger partial charge in [-0.15, -0.1) is 5.10 Å². The number of nitrogens with zero attached hydrogens (tertiary/aromatic N) is 4. The lowest BCUT2D eigenvalue weighted by Crippen LogP contribution is -2.35. The summed E-state index contributed by atoms with van der Waals surface area (Å²) in [6.07, 6.45) is 3.75. The molecular weight excluding hydrogens is 445 g/mol. The first-order valence-electron chi connectivity index (χ1n) is 9.30. The van der Waals surface area contributed by atoms with E-state index in [0.29, 0.717) is 26.7 Å². The van der Waals surface area contributed by atoms with Gasteiger partial charge in [0.2, 0.25) is 5.17 Å².